The molecule has 3 rings (SSSR count). The summed E-state index contributed by atoms with van der Waals surface area (Å²) in [5.74, 6) is -0.428. The van der Waals surface area contributed by atoms with E-state index in [1.54, 1.807) is 7.05 Å². The van der Waals surface area contributed by atoms with E-state index in [1.165, 1.54) is 10.5 Å². The number of aromatic nitrogens is 1. The Morgan fingerprint density at radius 1 is 1.29 bits per heavy atom. The van der Waals surface area contributed by atoms with Crippen molar-refractivity contribution in [2.24, 2.45) is 5.92 Å². The fraction of sp³-hybridized carbons (Fsp3) is 0.353. The molecule has 1 aliphatic heterocycles. The quantitative estimate of drug-likeness (QED) is 0.795. The molecule has 1 aliphatic rings. The number of amides is 2. The van der Waals surface area contributed by atoms with E-state index < -0.39 is 0 Å². The molecule has 4 nitrogen and oxygen atoms in total. The van der Waals surface area contributed by atoms with Crippen molar-refractivity contribution >= 4 is 22.7 Å². The molecule has 0 N–H and O–H groups in total. The van der Waals surface area contributed by atoms with Gasteiger partial charge in [0.1, 0.15) is 0 Å². The van der Waals surface area contributed by atoms with E-state index in [9.17, 15) is 9.59 Å². The average molecular weight is 282 g/mol. The van der Waals surface area contributed by atoms with Crippen LogP contribution in [-0.2, 0) is 16.0 Å². The standard InChI is InChI=1S/C17H18N2O2/c1-10-7-11(2)18-16-12(5-4-6-14(10)16)8-13-9-15(20)19(3)17(13)21/h4-7,13H,8-9H2,1-3H3. The number of carbonyl (C=O) groups excluding carboxylic acids is 2. The third-order valence-corrected chi connectivity index (χ3v) is 4.20. The number of pyridine rings is 1. The highest BCUT2D eigenvalue weighted by Crippen LogP contribution is 2.27. The van der Waals surface area contributed by atoms with Gasteiger partial charge in [0.05, 0.1) is 11.4 Å². The number of benzene rings is 1. The molecule has 0 aliphatic carbocycles. The van der Waals surface area contributed by atoms with Crippen molar-refractivity contribution in [2.75, 3.05) is 7.05 Å². The van der Waals surface area contributed by atoms with E-state index >= 15 is 0 Å². The van der Waals surface area contributed by atoms with Crippen LogP contribution in [0, 0.1) is 19.8 Å². The first-order valence-electron chi connectivity index (χ1n) is 7.13. The minimum absolute atomic E-state index is 0.0821. The largest absolute Gasteiger partial charge is 0.285 e. The van der Waals surface area contributed by atoms with Crippen LogP contribution in [0.15, 0.2) is 24.3 Å². The maximum atomic E-state index is 12.1. The lowest BCUT2D eigenvalue weighted by molar-refractivity contribution is -0.137. The zero-order valence-corrected chi connectivity index (χ0v) is 12.5. The summed E-state index contributed by atoms with van der Waals surface area (Å²) in [5.41, 5.74) is 4.15. The van der Waals surface area contributed by atoms with Crippen molar-refractivity contribution in [3.8, 4) is 0 Å². The van der Waals surface area contributed by atoms with Gasteiger partial charge in [0.2, 0.25) is 11.8 Å². The molecule has 0 bridgehead atoms. The summed E-state index contributed by atoms with van der Waals surface area (Å²) in [6, 6.07) is 8.11. The molecule has 1 aromatic heterocycles. The van der Waals surface area contributed by atoms with E-state index in [4.69, 9.17) is 0 Å². The number of rotatable bonds is 2. The Hall–Kier alpha value is -2.23. The van der Waals surface area contributed by atoms with Gasteiger partial charge in [-0.1, -0.05) is 18.2 Å². The molecule has 0 radical (unpaired) electrons. The maximum absolute atomic E-state index is 12.1. The van der Waals surface area contributed by atoms with E-state index in [2.05, 4.69) is 18.0 Å². The number of fused-ring (bicyclic) bond motifs is 1. The number of imide groups is 1. The summed E-state index contributed by atoms with van der Waals surface area (Å²) < 4.78 is 0. The van der Waals surface area contributed by atoms with Crippen LogP contribution in [-0.4, -0.2) is 28.7 Å². The summed E-state index contributed by atoms with van der Waals surface area (Å²) >= 11 is 0. The first kappa shape index (κ1) is 13.7. The monoisotopic (exact) mass is 282 g/mol. The number of likely N-dealkylation sites (tertiary alicyclic amines) is 1. The summed E-state index contributed by atoms with van der Waals surface area (Å²) in [5, 5.41) is 1.11. The predicted molar refractivity (Wildman–Crippen MR) is 80.8 cm³/mol. The molecular formula is C17H18N2O2. The number of hydrogen-bond donors (Lipinski definition) is 0. The predicted octanol–water partition coefficient (Wildman–Crippen LogP) is 2.40. The van der Waals surface area contributed by atoms with Crippen LogP contribution in [0.4, 0.5) is 0 Å². The number of aryl methyl sites for hydroxylation is 2. The molecule has 4 heteroatoms. The fourth-order valence-electron chi connectivity index (χ4n) is 3.06. The number of carbonyl (C=O) groups is 2. The minimum Gasteiger partial charge on any atom is -0.285 e. The maximum Gasteiger partial charge on any atom is 0.232 e. The molecule has 2 amide bonds. The Morgan fingerprint density at radius 2 is 2.05 bits per heavy atom. The van der Waals surface area contributed by atoms with Crippen molar-refractivity contribution in [1.82, 2.24) is 9.88 Å². The van der Waals surface area contributed by atoms with E-state index in [0.29, 0.717) is 12.8 Å². The lowest BCUT2D eigenvalue weighted by Crippen LogP contribution is -2.26. The topological polar surface area (TPSA) is 50.3 Å². The molecule has 1 atom stereocenters. The van der Waals surface area contributed by atoms with Gasteiger partial charge in [-0.05, 0) is 37.5 Å². The summed E-state index contributed by atoms with van der Waals surface area (Å²) in [7, 11) is 1.56. The Morgan fingerprint density at radius 3 is 2.71 bits per heavy atom. The third-order valence-electron chi connectivity index (χ3n) is 4.20. The van der Waals surface area contributed by atoms with E-state index in [1.807, 2.05) is 25.1 Å². The van der Waals surface area contributed by atoms with Crippen molar-refractivity contribution in [2.45, 2.75) is 26.7 Å². The van der Waals surface area contributed by atoms with Crippen LogP contribution in [0.25, 0.3) is 10.9 Å². The molecule has 1 saturated heterocycles. The Labute approximate surface area is 123 Å². The molecule has 2 heterocycles. The molecule has 0 saturated carbocycles. The van der Waals surface area contributed by atoms with Gasteiger partial charge in [-0.25, -0.2) is 0 Å². The highest BCUT2D eigenvalue weighted by molar-refractivity contribution is 6.03. The number of hydrogen-bond acceptors (Lipinski definition) is 3. The third kappa shape index (κ3) is 2.31. The number of nitrogens with zero attached hydrogens (tertiary/aromatic N) is 2. The zero-order valence-electron chi connectivity index (χ0n) is 12.5. The molecule has 1 unspecified atom stereocenters. The van der Waals surface area contributed by atoms with Gasteiger partial charge in [0.25, 0.3) is 0 Å². The second-order valence-electron chi connectivity index (χ2n) is 5.79. The molecule has 21 heavy (non-hydrogen) atoms. The SMILES string of the molecule is Cc1cc(C)c2cccc(CC3CC(=O)N(C)C3=O)c2n1. The molecular weight excluding hydrogens is 264 g/mol. The summed E-state index contributed by atoms with van der Waals surface area (Å²) in [4.78, 5) is 29.6. The van der Waals surface area contributed by atoms with Crippen LogP contribution < -0.4 is 0 Å². The Kier molecular flexibility index (Phi) is 3.24. The fourth-order valence-corrected chi connectivity index (χ4v) is 3.06. The molecule has 1 aromatic carbocycles. The van der Waals surface area contributed by atoms with Gasteiger partial charge in [0, 0.05) is 24.5 Å². The van der Waals surface area contributed by atoms with E-state index in [-0.39, 0.29) is 17.7 Å². The number of para-hydroxylation sites is 1. The Balaban J connectivity index is 2.02. The van der Waals surface area contributed by atoms with Crippen molar-refractivity contribution in [3.63, 3.8) is 0 Å². The van der Waals surface area contributed by atoms with Crippen LogP contribution in [0.5, 0.6) is 0 Å². The van der Waals surface area contributed by atoms with Gasteiger partial charge in [-0.3, -0.25) is 19.5 Å². The van der Waals surface area contributed by atoms with Crippen molar-refractivity contribution in [3.05, 3.63) is 41.1 Å². The van der Waals surface area contributed by atoms with E-state index in [0.717, 1.165) is 22.2 Å². The highest BCUT2D eigenvalue weighted by atomic mass is 16.2. The summed E-state index contributed by atoms with van der Waals surface area (Å²) in [6.45, 7) is 4.04. The lowest BCUT2D eigenvalue weighted by atomic mass is 9.95. The van der Waals surface area contributed by atoms with Crippen LogP contribution in [0.1, 0.15) is 23.2 Å². The first-order valence-corrected chi connectivity index (χ1v) is 7.13. The molecule has 0 spiro atoms. The van der Waals surface area contributed by atoms with Crippen LogP contribution in [0.2, 0.25) is 0 Å². The van der Waals surface area contributed by atoms with Gasteiger partial charge in [0.15, 0.2) is 0 Å². The second-order valence-corrected chi connectivity index (χ2v) is 5.79. The van der Waals surface area contributed by atoms with Crippen molar-refractivity contribution in [1.29, 1.82) is 0 Å². The zero-order chi connectivity index (χ0) is 15.1. The highest BCUT2D eigenvalue weighted by Gasteiger charge is 2.36. The van der Waals surface area contributed by atoms with Gasteiger partial charge in [-0.2, -0.15) is 0 Å². The average Bonchev–Trinajstić information content (AvgIpc) is 2.67. The molecule has 1 fully saturated rings. The van der Waals surface area contributed by atoms with Gasteiger partial charge in [-0.15, -0.1) is 0 Å². The van der Waals surface area contributed by atoms with Crippen molar-refractivity contribution < 1.29 is 9.59 Å². The Bertz CT molecular complexity index is 752. The molecule has 2 aromatic rings. The normalized spacial score (nSPS) is 18.8. The van der Waals surface area contributed by atoms with Gasteiger partial charge >= 0.3 is 0 Å². The van der Waals surface area contributed by atoms with Crippen LogP contribution >= 0.6 is 0 Å². The lowest BCUT2D eigenvalue weighted by Gasteiger charge is -2.12. The minimum atomic E-state index is -0.254. The second kappa shape index (κ2) is 4.95. The van der Waals surface area contributed by atoms with Gasteiger partial charge < -0.3 is 0 Å². The van der Waals surface area contributed by atoms with Crippen LogP contribution in [0.3, 0.4) is 0 Å². The molecule has 108 valence electrons. The first-order chi connectivity index (χ1) is 9.97. The smallest absolute Gasteiger partial charge is 0.232 e. The summed E-state index contributed by atoms with van der Waals surface area (Å²) in [6.07, 6.45) is 0.874.